The highest BCUT2D eigenvalue weighted by atomic mass is 16.2. The van der Waals surface area contributed by atoms with Crippen LogP contribution in [-0.2, 0) is 13.6 Å². The summed E-state index contributed by atoms with van der Waals surface area (Å²) in [5, 5.41) is 10.3. The van der Waals surface area contributed by atoms with Gasteiger partial charge in [0.05, 0.1) is 6.20 Å². The summed E-state index contributed by atoms with van der Waals surface area (Å²) in [6.07, 6.45) is 3.82. The summed E-state index contributed by atoms with van der Waals surface area (Å²) < 4.78 is 1.78. The molecule has 6 nitrogen and oxygen atoms in total. The van der Waals surface area contributed by atoms with E-state index in [2.05, 4.69) is 15.7 Å². The van der Waals surface area contributed by atoms with Crippen LogP contribution in [0.5, 0.6) is 0 Å². The molecular weight excluding hydrogens is 254 g/mol. The smallest absolute Gasteiger partial charge is 0.321 e. The molecule has 1 aliphatic rings. The van der Waals surface area contributed by atoms with Crippen molar-refractivity contribution in [1.82, 2.24) is 15.1 Å². The first kappa shape index (κ1) is 12.5. The van der Waals surface area contributed by atoms with Crippen molar-refractivity contribution in [3.05, 3.63) is 42.2 Å². The van der Waals surface area contributed by atoms with Gasteiger partial charge in [0.15, 0.2) is 0 Å². The Morgan fingerprint density at radius 1 is 1.45 bits per heavy atom. The first-order chi connectivity index (χ1) is 9.72. The zero-order chi connectivity index (χ0) is 13.9. The average Bonchev–Trinajstić information content (AvgIpc) is 3.05. The third kappa shape index (κ3) is 2.59. The maximum Gasteiger partial charge on any atom is 0.321 e. The third-order valence-electron chi connectivity index (χ3n) is 3.27. The Kier molecular flexibility index (Phi) is 3.28. The number of benzene rings is 1. The number of hydrogen-bond acceptors (Lipinski definition) is 3. The zero-order valence-electron chi connectivity index (χ0n) is 11.3. The van der Waals surface area contributed by atoms with Crippen LogP contribution in [0.1, 0.15) is 5.56 Å². The molecule has 104 valence electrons. The SMILES string of the molecule is Cn1cc(CNc2cccc(N3CCNC3=O)c2)cn1. The number of rotatable bonds is 4. The fourth-order valence-corrected chi connectivity index (χ4v) is 2.27. The van der Waals surface area contributed by atoms with Crippen molar-refractivity contribution in [2.45, 2.75) is 6.54 Å². The Hall–Kier alpha value is -2.50. The number of hydrogen-bond donors (Lipinski definition) is 2. The van der Waals surface area contributed by atoms with E-state index >= 15 is 0 Å². The molecule has 2 aromatic rings. The summed E-state index contributed by atoms with van der Waals surface area (Å²) in [7, 11) is 1.90. The molecule has 3 rings (SSSR count). The Balaban J connectivity index is 1.69. The van der Waals surface area contributed by atoms with Crippen molar-refractivity contribution in [3.8, 4) is 0 Å². The quantitative estimate of drug-likeness (QED) is 0.887. The molecule has 1 aliphatic heterocycles. The number of amides is 2. The molecule has 1 fully saturated rings. The normalized spacial score (nSPS) is 14.4. The van der Waals surface area contributed by atoms with E-state index in [-0.39, 0.29) is 6.03 Å². The lowest BCUT2D eigenvalue weighted by molar-refractivity contribution is 0.252. The fourth-order valence-electron chi connectivity index (χ4n) is 2.27. The van der Waals surface area contributed by atoms with Crippen LogP contribution in [0.15, 0.2) is 36.7 Å². The molecule has 2 amide bonds. The number of aromatic nitrogens is 2. The van der Waals surface area contributed by atoms with Crippen LogP contribution in [0.4, 0.5) is 16.2 Å². The van der Waals surface area contributed by atoms with Crippen molar-refractivity contribution >= 4 is 17.4 Å². The van der Waals surface area contributed by atoms with E-state index in [0.717, 1.165) is 16.9 Å². The van der Waals surface area contributed by atoms with Crippen molar-refractivity contribution in [2.75, 3.05) is 23.3 Å². The van der Waals surface area contributed by atoms with Crippen molar-refractivity contribution in [3.63, 3.8) is 0 Å². The van der Waals surface area contributed by atoms with Gasteiger partial charge in [-0.1, -0.05) is 6.07 Å². The highest BCUT2D eigenvalue weighted by Crippen LogP contribution is 2.21. The van der Waals surface area contributed by atoms with E-state index in [9.17, 15) is 4.79 Å². The lowest BCUT2D eigenvalue weighted by atomic mass is 10.2. The van der Waals surface area contributed by atoms with Crippen LogP contribution in [0.3, 0.4) is 0 Å². The average molecular weight is 271 g/mol. The minimum atomic E-state index is -0.0330. The second-order valence-corrected chi connectivity index (χ2v) is 4.81. The van der Waals surface area contributed by atoms with Gasteiger partial charge in [-0.15, -0.1) is 0 Å². The molecule has 0 radical (unpaired) electrons. The Morgan fingerprint density at radius 2 is 2.35 bits per heavy atom. The largest absolute Gasteiger partial charge is 0.381 e. The van der Waals surface area contributed by atoms with Crippen molar-refractivity contribution < 1.29 is 4.79 Å². The molecular formula is C14H17N5O. The van der Waals surface area contributed by atoms with Crippen molar-refractivity contribution in [1.29, 1.82) is 0 Å². The number of nitrogens with zero attached hydrogens (tertiary/aromatic N) is 3. The molecule has 6 heteroatoms. The molecule has 0 aliphatic carbocycles. The molecule has 0 atom stereocenters. The Labute approximate surface area is 117 Å². The minimum absolute atomic E-state index is 0.0330. The Bertz CT molecular complexity index is 622. The lowest BCUT2D eigenvalue weighted by Gasteiger charge is -2.15. The van der Waals surface area contributed by atoms with Gasteiger partial charge in [0.25, 0.3) is 0 Å². The second-order valence-electron chi connectivity index (χ2n) is 4.81. The third-order valence-corrected chi connectivity index (χ3v) is 3.27. The number of aryl methyl sites for hydroxylation is 1. The number of carbonyl (C=O) groups excluding carboxylic acids is 1. The number of nitrogens with one attached hydrogen (secondary N) is 2. The number of anilines is 2. The maximum absolute atomic E-state index is 11.7. The summed E-state index contributed by atoms with van der Waals surface area (Å²) in [5.74, 6) is 0. The molecule has 0 bridgehead atoms. The Morgan fingerprint density at radius 3 is 3.05 bits per heavy atom. The predicted octanol–water partition coefficient (Wildman–Crippen LogP) is 1.56. The summed E-state index contributed by atoms with van der Waals surface area (Å²) in [5.41, 5.74) is 3.03. The standard InChI is InChI=1S/C14H17N5O/c1-18-10-11(9-17-18)8-16-12-3-2-4-13(7-12)19-6-5-15-14(19)20/h2-4,7,9-10,16H,5-6,8H2,1H3,(H,15,20). The molecule has 1 aromatic heterocycles. The van der Waals surface area contributed by atoms with Gasteiger partial charge in [0, 0.05) is 49.8 Å². The molecule has 2 heterocycles. The van der Waals surface area contributed by atoms with E-state index in [1.807, 2.05) is 43.7 Å². The van der Waals surface area contributed by atoms with E-state index in [4.69, 9.17) is 0 Å². The number of carbonyl (C=O) groups is 1. The van der Waals surface area contributed by atoms with Gasteiger partial charge in [0.1, 0.15) is 0 Å². The summed E-state index contributed by atoms with van der Waals surface area (Å²) >= 11 is 0. The van der Waals surface area contributed by atoms with Crippen molar-refractivity contribution in [2.24, 2.45) is 7.05 Å². The predicted molar refractivity (Wildman–Crippen MR) is 77.7 cm³/mol. The first-order valence-electron chi connectivity index (χ1n) is 6.59. The van der Waals surface area contributed by atoms with Crippen LogP contribution >= 0.6 is 0 Å². The first-order valence-corrected chi connectivity index (χ1v) is 6.59. The van der Waals surface area contributed by atoms with E-state index < -0.39 is 0 Å². The molecule has 0 spiro atoms. The van der Waals surface area contributed by atoms with Crippen LogP contribution in [0, 0.1) is 0 Å². The summed E-state index contributed by atoms with van der Waals surface area (Å²) in [6, 6.07) is 7.84. The van der Waals surface area contributed by atoms with Gasteiger partial charge in [-0.2, -0.15) is 5.10 Å². The maximum atomic E-state index is 11.7. The van der Waals surface area contributed by atoms with E-state index in [0.29, 0.717) is 19.6 Å². The minimum Gasteiger partial charge on any atom is -0.381 e. The topological polar surface area (TPSA) is 62.2 Å². The van der Waals surface area contributed by atoms with Crippen LogP contribution < -0.4 is 15.5 Å². The van der Waals surface area contributed by atoms with Gasteiger partial charge in [-0.3, -0.25) is 9.58 Å². The molecule has 0 saturated carbocycles. The van der Waals surface area contributed by atoms with Gasteiger partial charge in [-0.25, -0.2) is 4.79 Å². The highest BCUT2D eigenvalue weighted by molar-refractivity contribution is 5.94. The van der Waals surface area contributed by atoms with Gasteiger partial charge < -0.3 is 10.6 Å². The molecule has 20 heavy (non-hydrogen) atoms. The fraction of sp³-hybridized carbons (Fsp3) is 0.286. The van der Waals surface area contributed by atoms with E-state index in [1.54, 1.807) is 9.58 Å². The summed E-state index contributed by atoms with van der Waals surface area (Å²) in [4.78, 5) is 13.4. The highest BCUT2D eigenvalue weighted by Gasteiger charge is 2.20. The molecule has 2 N–H and O–H groups in total. The van der Waals surface area contributed by atoms with Gasteiger partial charge in [-0.05, 0) is 18.2 Å². The summed E-state index contributed by atoms with van der Waals surface area (Å²) in [6.45, 7) is 2.13. The van der Waals surface area contributed by atoms with Crippen LogP contribution in [0.25, 0.3) is 0 Å². The van der Waals surface area contributed by atoms with Gasteiger partial charge >= 0.3 is 6.03 Å². The van der Waals surface area contributed by atoms with Crippen LogP contribution in [-0.4, -0.2) is 28.9 Å². The second kappa shape index (κ2) is 5.24. The monoisotopic (exact) mass is 271 g/mol. The van der Waals surface area contributed by atoms with Gasteiger partial charge in [0.2, 0.25) is 0 Å². The molecule has 0 unspecified atom stereocenters. The lowest BCUT2D eigenvalue weighted by Crippen LogP contribution is -2.27. The van der Waals surface area contributed by atoms with Crippen LogP contribution in [0.2, 0.25) is 0 Å². The molecule has 1 saturated heterocycles. The molecule has 1 aromatic carbocycles. The van der Waals surface area contributed by atoms with E-state index in [1.165, 1.54) is 0 Å². The number of urea groups is 1. The zero-order valence-corrected chi connectivity index (χ0v) is 11.3.